The second-order valence-electron chi connectivity index (χ2n) is 6.78. The SMILES string of the molecule is NC1(C(=O)N2CCN(C(=O)COc3ccc(F)cc3)CC2)CCCC1. The van der Waals surface area contributed by atoms with Crippen LogP contribution in [0.15, 0.2) is 24.3 Å². The maximum absolute atomic E-state index is 12.8. The Morgan fingerprint density at radius 1 is 1.04 bits per heavy atom. The van der Waals surface area contributed by atoms with Gasteiger partial charge in [0.2, 0.25) is 5.91 Å². The molecule has 2 N–H and O–H groups in total. The molecule has 1 saturated heterocycles. The molecule has 2 aliphatic rings. The lowest BCUT2D eigenvalue weighted by molar-refractivity contribution is -0.143. The molecule has 1 heterocycles. The minimum atomic E-state index is -0.710. The number of piperazine rings is 1. The number of carbonyl (C=O) groups is 2. The number of ether oxygens (including phenoxy) is 1. The summed E-state index contributed by atoms with van der Waals surface area (Å²) in [5.74, 6) is -0.0197. The number of nitrogens with zero attached hydrogens (tertiary/aromatic N) is 2. The summed E-state index contributed by atoms with van der Waals surface area (Å²) < 4.78 is 18.2. The van der Waals surface area contributed by atoms with E-state index < -0.39 is 5.54 Å². The van der Waals surface area contributed by atoms with Gasteiger partial charge < -0.3 is 20.3 Å². The van der Waals surface area contributed by atoms with Gasteiger partial charge in [-0.1, -0.05) is 12.8 Å². The number of benzene rings is 1. The summed E-state index contributed by atoms with van der Waals surface area (Å²) in [6.07, 6.45) is 3.50. The Kier molecular flexibility index (Phi) is 5.22. The smallest absolute Gasteiger partial charge is 0.260 e. The Morgan fingerprint density at radius 2 is 1.60 bits per heavy atom. The maximum atomic E-state index is 12.8. The quantitative estimate of drug-likeness (QED) is 0.885. The van der Waals surface area contributed by atoms with Crippen LogP contribution in [0.1, 0.15) is 25.7 Å². The van der Waals surface area contributed by atoms with Gasteiger partial charge >= 0.3 is 0 Å². The predicted octanol–water partition coefficient (Wildman–Crippen LogP) is 1.15. The zero-order chi connectivity index (χ0) is 17.9. The molecule has 0 radical (unpaired) electrons. The Labute approximate surface area is 146 Å². The molecule has 7 heteroatoms. The molecule has 1 aromatic carbocycles. The van der Waals surface area contributed by atoms with E-state index in [0.717, 1.165) is 25.7 Å². The lowest BCUT2D eigenvalue weighted by Gasteiger charge is -2.38. The highest BCUT2D eigenvalue weighted by Crippen LogP contribution is 2.29. The van der Waals surface area contributed by atoms with Gasteiger partial charge in [-0.2, -0.15) is 0 Å². The van der Waals surface area contributed by atoms with E-state index in [0.29, 0.717) is 31.9 Å². The van der Waals surface area contributed by atoms with Gasteiger partial charge in [-0.25, -0.2) is 4.39 Å². The van der Waals surface area contributed by atoms with Crippen LogP contribution in [-0.4, -0.2) is 59.9 Å². The maximum Gasteiger partial charge on any atom is 0.260 e. The average molecular weight is 349 g/mol. The summed E-state index contributed by atoms with van der Waals surface area (Å²) in [6, 6.07) is 5.55. The average Bonchev–Trinajstić information content (AvgIpc) is 3.08. The van der Waals surface area contributed by atoms with Crippen molar-refractivity contribution in [2.24, 2.45) is 5.73 Å². The molecule has 0 bridgehead atoms. The number of halogens is 1. The topological polar surface area (TPSA) is 75.9 Å². The summed E-state index contributed by atoms with van der Waals surface area (Å²) >= 11 is 0. The van der Waals surface area contributed by atoms with E-state index in [-0.39, 0.29) is 24.2 Å². The Balaban J connectivity index is 1.46. The van der Waals surface area contributed by atoms with Crippen LogP contribution in [-0.2, 0) is 9.59 Å². The third kappa shape index (κ3) is 4.10. The summed E-state index contributed by atoms with van der Waals surface area (Å²) in [4.78, 5) is 28.3. The summed E-state index contributed by atoms with van der Waals surface area (Å²) in [5, 5.41) is 0. The molecule has 2 fully saturated rings. The van der Waals surface area contributed by atoms with Gasteiger partial charge in [0.15, 0.2) is 6.61 Å². The molecule has 0 spiro atoms. The summed E-state index contributed by atoms with van der Waals surface area (Å²) in [5.41, 5.74) is 5.52. The van der Waals surface area contributed by atoms with Gasteiger partial charge in [0.05, 0.1) is 5.54 Å². The molecule has 0 unspecified atom stereocenters. The van der Waals surface area contributed by atoms with E-state index in [1.165, 1.54) is 24.3 Å². The van der Waals surface area contributed by atoms with Crippen LogP contribution in [0.4, 0.5) is 4.39 Å². The predicted molar refractivity (Wildman–Crippen MR) is 90.4 cm³/mol. The number of amides is 2. The second kappa shape index (κ2) is 7.39. The van der Waals surface area contributed by atoms with Crippen molar-refractivity contribution in [1.29, 1.82) is 0 Å². The lowest BCUT2D eigenvalue weighted by atomic mass is 9.97. The normalized spacial score (nSPS) is 19.8. The summed E-state index contributed by atoms with van der Waals surface area (Å²) in [7, 11) is 0. The van der Waals surface area contributed by atoms with Crippen LogP contribution in [0.5, 0.6) is 5.75 Å². The number of hydrogen-bond donors (Lipinski definition) is 1. The highest BCUT2D eigenvalue weighted by Gasteiger charge is 2.40. The standard InChI is InChI=1S/C18H24FN3O3/c19-14-3-5-15(6-4-14)25-13-16(23)21-9-11-22(12-10-21)17(24)18(20)7-1-2-8-18/h3-6H,1-2,7-13,20H2. The largest absolute Gasteiger partial charge is 0.484 e. The van der Waals surface area contributed by atoms with Gasteiger partial charge in [-0.3, -0.25) is 9.59 Å². The first-order valence-corrected chi connectivity index (χ1v) is 8.72. The first-order chi connectivity index (χ1) is 12.0. The molecule has 0 atom stereocenters. The molecule has 1 aliphatic heterocycles. The minimum absolute atomic E-state index is 0.0136. The second-order valence-corrected chi connectivity index (χ2v) is 6.78. The van der Waals surface area contributed by atoms with Crippen LogP contribution in [0, 0.1) is 5.82 Å². The van der Waals surface area contributed by atoms with Gasteiger partial charge in [-0.05, 0) is 37.1 Å². The van der Waals surface area contributed by atoms with Crippen molar-refractivity contribution < 1.29 is 18.7 Å². The molecular formula is C18H24FN3O3. The molecule has 25 heavy (non-hydrogen) atoms. The molecular weight excluding hydrogens is 325 g/mol. The first-order valence-electron chi connectivity index (χ1n) is 8.72. The van der Waals surface area contributed by atoms with E-state index in [1.807, 2.05) is 0 Å². The third-order valence-electron chi connectivity index (χ3n) is 5.02. The van der Waals surface area contributed by atoms with Gasteiger partial charge in [-0.15, -0.1) is 0 Å². The van der Waals surface area contributed by atoms with E-state index >= 15 is 0 Å². The van der Waals surface area contributed by atoms with Crippen LogP contribution in [0.25, 0.3) is 0 Å². The number of carbonyl (C=O) groups excluding carboxylic acids is 2. The molecule has 1 saturated carbocycles. The van der Waals surface area contributed by atoms with Crippen LogP contribution < -0.4 is 10.5 Å². The Morgan fingerprint density at radius 3 is 2.20 bits per heavy atom. The Bertz CT molecular complexity index is 621. The number of hydrogen-bond acceptors (Lipinski definition) is 4. The van der Waals surface area contributed by atoms with Crippen molar-refractivity contribution >= 4 is 11.8 Å². The zero-order valence-corrected chi connectivity index (χ0v) is 14.2. The first kappa shape index (κ1) is 17.7. The van der Waals surface area contributed by atoms with E-state index in [1.54, 1.807) is 9.80 Å². The molecule has 3 rings (SSSR count). The van der Waals surface area contributed by atoms with Crippen molar-refractivity contribution in [1.82, 2.24) is 9.80 Å². The van der Waals surface area contributed by atoms with Gasteiger partial charge in [0.1, 0.15) is 11.6 Å². The van der Waals surface area contributed by atoms with Crippen molar-refractivity contribution in [3.05, 3.63) is 30.1 Å². The van der Waals surface area contributed by atoms with Crippen molar-refractivity contribution in [3.63, 3.8) is 0 Å². The van der Waals surface area contributed by atoms with Crippen LogP contribution >= 0.6 is 0 Å². The van der Waals surface area contributed by atoms with E-state index in [2.05, 4.69) is 0 Å². The molecule has 1 aliphatic carbocycles. The fourth-order valence-corrected chi connectivity index (χ4v) is 3.46. The molecule has 136 valence electrons. The molecule has 1 aromatic rings. The highest BCUT2D eigenvalue weighted by atomic mass is 19.1. The van der Waals surface area contributed by atoms with Crippen LogP contribution in [0.3, 0.4) is 0 Å². The van der Waals surface area contributed by atoms with Gasteiger partial charge in [0.25, 0.3) is 5.91 Å². The van der Waals surface area contributed by atoms with Crippen molar-refractivity contribution in [3.8, 4) is 5.75 Å². The van der Waals surface area contributed by atoms with Crippen molar-refractivity contribution in [2.45, 2.75) is 31.2 Å². The molecule has 2 amide bonds. The molecule has 0 aromatic heterocycles. The molecule has 6 nitrogen and oxygen atoms in total. The zero-order valence-electron chi connectivity index (χ0n) is 14.2. The van der Waals surface area contributed by atoms with E-state index in [4.69, 9.17) is 10.5 Å². The fourth-order valence-electron chi connectivity index (χ4n) is 3.46. The summed E-state index contributed by atoms with van der Waals surface area (Å²) in [6.45, 7) is 1.86. The lowest BCUT2D eigenvalue weighted by Crippen LogP contribution is -2.59. The fraction of sp³-hybridized carbons (Fsp3) is 0.556. The Hall–Kier alpha value is -2.15. The van der Waals surface area contributed by atoms with Crippen LogP contribution in [0.2, 0.25) is 0 Å². The third-order valence-corrected chi connectivity index (χ3v) is 5.02. The highest BCUT2D eigenvalue weighted by molar-refractivity contribution is 5.87. The monoisotopic (exact) mass is 349 g/mol. The van der Waals surface area contributed by atoms with E-state index in [9.17, 15) is 14.0 Å². The van der Waals surface area contributed by atoms with Gasteiger partial charge in [0, 0.05) is 26.2 Å². The number of nitrogens with two attached hydrogens (primary N) is 1. The number of rotatable bonds is 4. The van der Waals surface area contributed by atoms with Crippen molar-refractivity contribution in [2.75, 3.05) is 32.8 Å². The minimum Gasteiger partial charge on any atom is -0.484 e.